The minimum absolute atomic E-state index is 0.0479. The van der Waals surface area contributed by atoms with Crippen LogP contribution in [0.5, 0.6) is 0 Å². The zero-order chi connectivity index (χ0) is 22.0. The highest BCUT2D eigenvalue weighted by Gasteiger charge is 2.32. The van der Waals surface area contributed by atoms with Gasteiger partial charge in [-0.15, -0.1) is 0 Å². The van der Waals surface area contributed by atoms with Crippen LogP contribution in [0.15, 0.2) is 35.1 Å². The minimum atomic E-state index is -3.36. The van der Waals surface area contributed by atoms with Gasteiger partial charge in [0.1, 0.15) is 5.82 Å². The maximum absolute atomic E-state index is 13.0. The van der Waals surface area contributed by atoms with Crippen LogP contribution < -0.4 is 5.56 Å². The van der Waals surface area contributed by atoms with Gasteiger partial charge in [0.2, 0.25) is 15.9 Å². The van der Waals surface area contributed by atoms with E-state index in [-0.39, 0.29) is 30.6 Å². The Bertz CT molecular complexity index is 1110. The maximum Gasteiger partial charge on any atom is 0.254 e. The Morgan fingerprint density at radius 2 is 1.97 bits per heavy atom. The summed E-state index contributed by atoms with van der Waals surface area (Å²) in [5, 5.41) is 0. The van der Waals surface area contributed by atoms with Crippen molar-refractivity contribution in [3.63, 3.8) is 0 Å². The summed E-state index contributed by atoms with van der Waals surface area (Å²) in [7, 11) is -3.36. The first-order valence-corrected chi connectivity index (χ1v) is 12.6. The Labute approximate surface area is 182 Å². The molecule has 8 nitrogen and oxygen atoms in total. The molecule has 2 aliphatic heterocycles. The fourth-order valence-electron chi connectivity index (χ4n) is 4.43. The number of aryl methyl sites for hydroxylation is 1. The standard InChI is InChI=1S/C22H28N4O4S/c1-31(29,30)25-14-12-17-18(15-25)23-21(24-22(17)28)19-9-5-6-13-26(19)20(27)11-10-16-7-3-2-4-8-16/h2-4,7-8,19H,5-6,9-15H2,1H3,(H,23,24,28)/t19-/m0/s1. The lowest BCUT2D eigenvalue weighted by Crippen LogP contribution is -2.42. The molecule has 3 heterocycles. The van der Waals surface area contributed by atoms with Gasteiger partial charge in [-0.05, 0) is 37.7 Å². The van der Waals surface area contributed by atoms with E-state index < -0.39 is 10.0 Å². The number of aromatic amines is 1. The lowest BCUT2D eigenvalue weighted by molar-refractivity contribution is -0.135. The van der Waals surface area contributed by atoms with Gasteiger partial charge in [0.15, 0.2) is 0 Å². The molecule has 0 spiro atoms. The van der Waals surface area contributed by atoms with Crippen LogP contribution in [0.25, 0.3) is 0 Å². The summed E-state index contributed by atoms with van der Waals surface area (Å²) in [5.74, 6) is 0.513. The van der Waals surface area contributed by atoms with E-state index in [9.17, 15) is 18.0 Å². The lowest BCUT2D eigenvalue weighted by atomic mass is 9.99. The van der Waals surface area contributed by atoms with Crippen LogP contribution in [-0.2, 0) is 34.2 Å². The van der Waals surface area contributed by atoms with Gasteiger partial charge in [0.25, 0.3) is 5.56 Å². The second-order valence-electron chi connectivity index (χ2n) is 8.31. The average Bonchev–Trinajstić information content (AvgIpc) is 2.77. The molecule has 0 saturated carbocycles. The monoisotopic (exact) mass is 444 g/mol. The van der Waals surface area contributed by atoms with Crippen molar-refractivity contribution in [1.29, 1.82) is 0 Å². The summed E-state index contributed by atoms with van der Waals surface area (Å²) < 4.78 is 25.3. The summed E-state index contributed by atoms with van der Waals surface area (Å²) in [4.78, 5) is 35.1. The highest BCUT2D eigenvalue weighted by molar-refractivity contribution is 7.88. The SMILES string of the molecule is CS(=O)(=O)N1CCc2c(nc([C@@H]3CCCCN3C(=O)CCc3ccccc3)[nH]c2=O)C1. The van der Waals surface area contributed by atoms with Gasteiger partial charge < -0.3 is 9.88 Å². The van der Waals surface area contributed by atoms with Crippen LogP contribution in [0.3, 0.4) is 0 Å². The molecule has 1 fully saturated rings. The van der Waals surface area contributed by atoms with Crippen molar-refractivity contribution in [2.24, 2.45) is 0 Å². The lowest BCUT2D eigenvalue weighted by Gasteiger charge is -2.36. The molecule has 0 unspecified atom stereocenters. The fraction of sp³-hybridized carbons (Fsp3) is 0.500. The number of aromatic nitrogens is 2. The van der Waals surface area contributed by atoms with Crippen LogP contribution in [0, 0.1) is 0 Å². The van der Waals surface area contributed by atoms with E-state index in [2.05, 4.69) is 9.97 Å². The number of likely N-dealkylation sites (tertiary alicyclic amines) is 1. The number of piperidine rings is 1. The molecule has 1 aromatic carbocycles. The highest BCUT2D eigenvalue weighted by atomic mass is 32.2. The van der Waals surface area contributed by atoms with Crippen molar-refractivity contribution < 1.29 is 13.2 Å². The number of hydrogen-bond acceptors (Lipinski definition) is 5. The molecule has 2 aliphatic rings. The number of carbonyl (C=O) groups is 1. The molecule has 0 radical (unpaired) electrons. The molecule has 1 aromatic heterocycles. The van der Waals surface area contributed by atoms with Crippen molar-refractivity contribution in [1.82, 2.24) is 19.2 Å². The molecule has 2 aromatic rings. The number of nitrogens with zero attached hydrogens (tertiary/aromatic N) is 3. The van der Waals surface area contributed by atoms with Crippen LogP contribution in [0.1, 0.15) is 54.4 Å². The van der Waals surface area contributed by atoms with Gasteiger partial charge in [-0.1, -0.05) is 30.3 Å². The second kappa shape index (κ2) is 8.92. The minimum Gasteiger partial charge on any atom is -0.333 e. The molecule has 1 N–H and O–H groups in total. The van der Waals surface area contributed by atoms with Crippen LogP contribution in [0.2, 0.25) is 0 Å². The summed E-state index contributed by atoms with van der Waals surface area (Å²) in [5.41, 5.74) is 1.93. The van der Waals surface area contributed by atoms with E-state index in [1.807, 2.05) is 35.2 Å². The third-order valence-corrected chi connectivity index (χ3v) is 7.38. The number of carbonyl (C=O) groups excluding carboxylic acids is 1. The van der Waals surface area contributed by atoms with Crippen LogP contribution in [0.4, 0.5) is 0 Å². The van der Waals surface area contributed by atoms with E-state index in [0.717, 1.165) is 24.8 Å². The third-order valence-electron chi connectivity index (χ3n) is 6.13. The van der Waals surface area contributed by atoms with Crippen molar-refractivity contribution >= 4 is 15.9 Å². The summed E-state index contributed by atoms with van der Waals surface area (Å²) >= 11 is 0. The first-order chi connectivity index (χ1) is 14.8. The molecule has 1 atom stereocenters. The zero-order valence-electron chi connectivity index (χ0n) is 17.7. The maximum atomic E-state index is 13.0. The summed E-state index contributed by atoms with van der Waals surface area (Å²) in [6.07, 6.45) is 5.18. The quantitative estimate of drug-likeness (QED) is 0.757. The van der Waals surface area contributed by atoms with Crippen molar-refractivity contribution in [2.75, 3.05) is 19.3 Å². The number of hydrogen-bond donors (Lipinski definition) is 1. The smallest absolute Gasteiger partial charge is 0.254 e. The Balaban J connectivity index is 1.56. The Hall–Kier alpha value is -2.52. The Morgan fingerprint density at radius 1 is 1.19 bits per heavy atom. The molecular weight excluding hydrogens is 416 g/mol. The van der Waals surface area contributed by atoms with Gasteiger partial charge >= 0.3 is 0 Å². The average molecular weight is 445 g/mol. The molecule has 4 rings (SSSR count). The Kier molecular flexibility index (Phi) is 6.24. The summed E-state index contributed by atoms with van der Waals surface area (Å²) in [6.45, 7) is 1.01. The van der Waals surface area contributed by atoms with E-state index in [1.165, 1.54) is 10.6 Å². The predicted octanol–water partition coefficient (Wildman–Crippen LogP) is 1.77. The number of fused-ring (bicyclic) bond motifs is 1. The molecule has 1 amide bonds. The number of nitrogens with one attached hydrogen (secondary N) is 1. The third kappa shape index (κ3) is 4.88. The molecule has 0 aliphatic carbocycles. The van der Waals surface area contributed by atoms with Crippen molar-refractivity contribution in [3.05, 3.63) is 63.3 Å². The van der Waals surface area contributed by atoms with Gasteiger partial charge in [-0.2, -0.15) is 4.31 Å². The first-order valence-electron chi connectivity index (χ1n) is 10.7. The highest BCUT2D eigenvalue weighted by Crippen LogP contribution is 2.30. The van der Waals surface area contributed by atoms with Crippen LogP contribution >= 0.6 is 0 Å². The number of sulfonamides is 1. The van der Waals surface area contributed by atoms with Gasteiger partial charge in [0.05, 0.1) is 24.5 Å². The molecule has 1 saturated heterocycles. The number of benzene rings is 1. The predicted molar refractivity (Wildman–Crippen MR) is 117 cm³/mol. The second-order valence-corrected chi connectivity index (χ2v) is 10.3. The normalized spacial score (nSPS) is 19.8. The molecule has 9 heteroatoms. The molecule has 166 valence electrons. The molecule has 31 heavy (non-hydrogen) atoms. The van der Waals surface area contributed by atoms with E-state index in [4.69, 9.17) is 0 Å². The van der Waals surface area contributed by atoms with E-state index in [1.54, 1.807) is 0 Å². The number of H-pyrrole nitrogens is 1. The Morgan fingerprint density at radius 3 is 2.71 bits per heavy atom. The molecular formula is C22H28N4O4S. The van der Waals surface area contributed by atoms with E-state index in [0.29, 0.717) is 42.9 Å². The largest absolute Gasteiger partial charge is 0.333 e. The number of rotatable bonds is 5. The number of amides is 1. The fourth-order valence-corrected chi connectivity index (χ4v) is 5.21. The van der Waals surface area contributed by atoms with Crippen molar-refractivity contribution in [3.8, 4) is 0 Å². The first kappa shape index (κ1) is 21.7. The summed E-state index contributed by atoms with van der Waals surface area (Å²) in [6, 6.07) is 9.61. The zero-order valence-corrected chi connectivity index (χ0v) is 18.5. The van der Waals surface area contributed by atoms with Crippen LogP contribution in [-0.4, -0.2) is 52.8 Å². The van der Waals surface area contributed by atoms with Gasteiger partial charge in [-0.25, -0.2) is 13.4 Å². The molecule has 0 bridgehead atoms. The van der Waals surface area contributed by atoms with Gasteiger partial charge in [-0.3, -0.25) is 9.59 Å². The topological polar surface area (TPSA) is 103 Å². The van der Waals surface area contributed by atoms with Gasteiger partial charge in [0, 0.05) is 25.1 Å². The van der Waals surface area contributed by atoms with E-state index >= 15 is 0 Å². The van der Waals surface area contributed by atoms with Crippen molar-refractivity contribution in [2.45, 2.75) is 51.1 Å².